The number of methoxy groups -OCH3 is 1. The number of pyridine rings is 1. The van der Waals surface area contributed by atoms with Gasteiger partial charge in [-0.2, -0.15) is 0 Å². The fourth-order valence-electron chi connectivity index (χ4n) is 1.75. The summed E-state index contributed by atoms with van der Waals surface area (Å²) in [5.41, 5.74) is 7.15. The number of hydrogen-bond donors (Lipinski definition) is 2. The van der Waals surface area contributed by atoms with Gasteiger partial charge in [0, 0.05) is 24.4 Å². The second kappa shape index (κ2) is 6.45. The highest BCUT2D eigenvalue weighted by Crippen LogP contribution is 2.25. The number of benzene rings is 1. The summed E-state index contributed by atoms with van der Waals surface area (Å²) < 4.78 is 31.7. The van der Waals surface area contributed by atoms with E-state index in [9.17, 15) is 8.42 Å². The number of hydrogen-bond acceptors (Lipinski definition) is 5. The molecule has 21 heavy (non-hydrogen) atoms. The van der Waals surface area contributed by atoms with Gasteiger partial charge >= 0.3 is 0 Å². The number of sulfonamides is 1. The summed E-state index contributed by atoms with van der Waals surface area (Å²) in [6.45, 7) is 0. The predicted molar refractivity (Wildman–Crippen MR) is 82.8 cm³/mol. The van der Waals surface area contributed by atoms with Crippen LogP contribution in [0.25, 0.3) is 0 Å². The third kappa shape index (κ3) is 4.35. The number of rotatable bonds is 6. The fraction of sp³-hybridized carbons (Fsp3) is 0.214. The Morgan fingerprint density at radius 2 is 2.10 bits per heavy atom. The van der Waals surface area contributed by atoms with Gasteiger partial charge < -0.3 is 10.5 Å². The van der Waals surface area contributed by atoms with Crippen molar-refractivity contribution in [3.05, 3.63) is 48.3 Å². The molecule has 0 aliphatic carbocycles. The van der Waals surface area contributed by atoms with E-state index in [0.717, 1.165) is 5.69 Å². The number of aromatic nitrogens is 1. The van der Waals surface area contributed by atoms with Gasteiger partial charge in [0.2, 0.25) is 10.0 Å². The Kier molecular flexibility index (Phi) is 4.64. The Morgan fingerprint density at radius 1 is 1.29 bits per heavy atom. The number of ether oxygens (including phenoxy) is 1. The van der Waals surface area contributed by atoms with Crippen LogP contribution in [0.15, 0.2) is 42.6 Å². The first-order valence-corrected chi connectivity index (χ1v) is 7.99. The van der Waals surface area contributed by atoms with E-state index in [1.165, 1.54) is 7.11 Å². The second-order valence-corrected chi connectivity index (χ2v) is 6.29. The van der Waals surface area contributed by atoms with Crippen molar-refractivity contribution in [2.24, 2.45) is 0 Å². The minimum Gasteiger partial charge on any atom is -0.497 e. The average molecular weight is 307 g/mol. The van der Waals surface area contributed by atoms with Gasteiger partial charge in [-0.05, 0) is 24.3 Å². The van der Waals surface area contributed by atoms with Crippen LogP contribution in [-0.4, -0.2) is 26.3 Å². The number of anilines is 2. The maximum atomic E-state index is 12.1. The fourth-order valence-corrected chi connectivity index (χ4v) is 2.85. The van der Waals surface area contributed by atoms with E-state index in [4.69, 9.17) is 10.5 Å². The molecular formula is C14H17N3O3S. The minimum absolute atomic E-state index is 0.0688. The Morgan fingerprint density at radius 3 is 2.76 bits per heavy atom. The van der Waals surface area contributed by atoms with Crippen molar-refractivity contribution in [1.29, 1.82) is 0 Å². The van der Waals surface area contributed by atoms with Crippen LogP contribution in [0, 0.1) is 0 Å². The van der Waals surface area contributed by atoms with Gasteiger partial charge in [-0.15, -0.1) is 0 Å². The lowest BCUT2D eigenvalue weighted by Gasteiger charge is -2.11. The summed E-state index contributed by atoms with van der Waals surface area (Å²) in [6.07, 6.45) is 1.97. The van der Waals surface area contributed by atoms with E-state index in [2.05, 4.69) is 9.71 Å². The SMILES string of the molecule is COc1ccc(N)c(NS(=O)(=O)CCc2ccccn2)c1. The first kappa shape index (κ1) is 15.1. The molecule has 0 fully saturated rings. The molecule has 1 heterocycles. The lowest BCUT2D eigenvalue weighted by molar-refractivity contribution is 0.415. The first-order valence-electron chi connectivity index (χ1n) is 6.34. The van der Waals surface area contributed by atoms with Gasteiger partial charge in [-0.1, -0.05) is 6.07 Å². The standard InChI is InChI=1S/C14H17N3O3S/c1-20-12-5-6-13(15)14(10-12)17-21(18,19)9-7-11-4-2-3-8-16-11/h2-6,8,10,17H,7,9,15H2,1H3. The van der Waals surface area contributed by atoms with Crippen LogP contribution < -0.4 is 15.2 Å². The van der Waals surface area contributed by atoms with Crippen molar-refractivity contribution < 1.29 is 13.2 Å². The lowest BCUT2D eigenvalue weighted by atomic mass is 10.2. The zero-order valence-corrected chi connectivity index (χ0v) is 12.4. The molecule has 1 aromatic carbocycles. The summed E-state index contributed by atoms with van der Waals surface area (Å²) in [4.78, 5) is 4.10. The molecule has 0 unspecified atom stereocenters. The quantitative estimate of drug-likeness (QED) is 0.791. The molecule has 0 atom stereocenters. The largest absolute Gasteiger partial charge is 0.497 e. The van der Waals surface area contributed by atoms with Crippen LogP contribution in [0.4, 0.5) is 11.4 Å². The number of nitrogens with one attached hydrogen (secondary N) is 1. The van der Waals surface area contributed by atoms with Crippen LogP contribution in [0.5, 0.6) is 5.75 Å². The molecule has 0 radical (unpaired) electrons. The van der Waals surface area contributed by atoms with Gasteiger partial charge in [-0.25, -0.2) is 8.42 Å². The predicted octanol–water partition coefficient (Wildman–Crippen LogP) is 1.66. The molecule has 112 valence electrons. The van der Waals surface area contributed by atoms with Crippen LogP contribution in [0.3, 0.4) is 0 Å². The topological polar surface area (TPSA) is 94.3 Å². The molecule has 7 heteroatoms. The molecule has 0 bridgehead atoms. The third-order valence-corrected chi connectivity index (χ3v) is 4.15. The molecule has 3 N–H and O–H groups in total. The highest BCUT2D eigenvalue weighted by atomic mass is 32.2. The zero-order chi connectivity index (χ0) is 15.3. The van der Waals surface area contributed by atoms with Crippen LogP contribution in [-0.2, 0) is 16.4 Å². The average Bonchev–Trinajstić information content (AvgIpc) is 2.48. The van der Waals surface area contributed by atoms with Crippen LogP contribution in [0.2, 0.25) is 0 Å². The van der Waals surface area contributed by atoms with E-state index in [1.54, 1.807) is 36.5 Å². The first-order chi connectivity index (χ1) is 10.00. The summed E-state index contributed by atoms with van der Waals surface area (Å²) in [6, 6.07) is 10.2. The summed E-state index contributed by atoms with van der Waals surface area (Å²) in [7, 11) is -2.00. The molecule has 0 amide bonds. The smallest absolute Gasteiger partial charge is 0.233 e. The Hall–Kier alpha value is -2.28. The number of nitrogen functional groups attached to an aromatic ring is 1. The van der Waals surface area contributed by atoms with Crippen molar-refractivity contribution in [3.8, 4) is 5.75 Å². The van der Waals surface area contributed by atoms with Crippen molar-refractivity contribution in [3.63, 3.8) is 0 Å². The summed E-state index contributed by atoms with van der Waals surface area (Å²) >= 11 is 0. The highest BCUT2D eigenvalue weighted by molar-refractivity contribution is 7.92. The molecule has 6 nitrogen and oxygen atoms in total. The van der Waals surface area contributed by atoms with Gasteiger partial charge in [0.1, 0.15) is 5.75 Å². The third-order valence-electron chi connectivity index (χ3n) is 2.88. The van der Waals surface area contributed by atoms with Crippen molar-refractivity contribution in [2.45, 2.75) is 6.42 Å². The zero-order valence-electron chi connectivity index (χ0n) is 11.6. The molecule has 0 aliphatic rings. The number of nitrogens with zero attached hydrogens (tertiary/aromatic N) is 1. The van der Waals surface area contributed by atoms with E-state index in [0.29, 0.717) is 23.5 Å². The maximum Gasteiger partial charge on any atom is 0.233 e. The normalized spacial score (nSPS) is 11.1. The van der Waals surface area contributed by atoms with Gasteiger partial charge in [0.05, 0.1) is 24.2 Å². The van der Waals surface area contributed by atoms with E-state index >= 15 is 0 Å². The molecule has 0 saturated carbocycles. The van der Waals surface area contributed by atoms with Crippen molar-refractivity contribution >= 4 is 21.4 Å². The summed E-state index contributed by atoms with van der Waals surface area (Å²) in [5, 5.41) is 0. The highest BCUT2D eigenvalue weighted by Gasteiger charge is 2.13. The molecule has 1 aromatic heterocycles. The second-order valence-electron chi connectivity index (χ2n) is 4.45. The number of aryl methyl sites for hydroxylation is 1. The van der Waals surface area contributed by atoms with E-state index in [1.807, 2.05) is 6.07 Å². The molecule has 0 saturated heterocycles. The van der Waals surface area contributed by atoms with Crippen molar-refractivity contribution in [2.75, 3.05) is 23.3 Å². The molecule has 2 rings (SSSR count). The summed E-state index contributed by atoms with van der Waals surface area (Å²) in [5.74, 6) is 0.465. The Labute approximate surface area is 124 Å². The van der Waals surface area contributed by atoms with Crippen LogP contribution in [0.1, 0.15) is 5.69 Å². The molecule has 0 aliphatic heterocycles. The van der Waals surface area contributed by atoms with Gasteiger partial charge in [0.25, 0.3) is 0 Å². The molecule has 2 aromatic rings. The van der Waals surface area contributed by atoms with Gasteiger partial charge in [0.15, 0.2) is 0 Å². The van der Waals surface area contributed by atoms with Gasteiger partial charge in [-0.3, -0.25) is 9.71 Å². The minimum atomic E-state index is -3.51. The van der Waals surface area contributed by atoms with E-state index < -0.39 is 10.0 Å². The molecular weight excluding hydrogens is 290 g/mol. The van der Waals surface area contributed by atoms with E-state index in [-0.39, 0.29) is 5.75 Å². The Balaban J connectivity index is 2.07. The van der Waals surface area contributed by atoms with Crippen molar-refractivity contribution in [1.82, 2.24) is 4.98 Å². The van der Waals surface area contributed by atoms with Crippen LogP contribution >= 0.6 is 0 Å². The number of nitrogens with two attached hydrogens (primary N) is 1. The monoisotopic (exact) mass is 307 g/mol. The molecule has 0 spiro atoms. The maximum absolute atomic E-state index is 12.1. The Bertz CT molecular complexity index is 703. The lowest BCUT2D eigenvalue weighted by Crippen LogP contribution is -2.19.